The number of fused-ring (bicyclic) bond motifs is 3. The van der Waals surface area contributed by atoms with Crippen LogP contribution in [0, 0.1) is 11.6 Å². The molecule has 2 heterocycles. The number of nitrogens with zero attached hydrogens (tertiary/aromatic N) is 1. The molecule has 1 aromatic heterocycles. The van der Waals surface area contributed by atoms with Gasteiger partial charge in [-0.05, 0) is 37.1 Å². The molecule has 1 saturated heterocycles. The number of carboxylic acid groups (broad SMARTS) is 1. The second kappa shape index (κ2) is 5.56. The highest BCUT2D eigenvalue weighted by molar-refractivity contribution is 6.10. The molecule has 0 bridgehead atoms. The molecule has 0 spiro atoms. The molecule has 0 aliphatic carbocycles. The molecule has 2 aromatic carbocycles. The second-order valence-electron chi connectivity index (χ2n) is 6.00. The van der Waals surface area contributed by atoms with Gasteiger partial charge in [-0.25, -0.2) is 13.6 Å². The summed E-state index contributed by atoms with van der Waals surface area (Å²) < 4.78 is 36.1. The van der Waals surface area contributed by atoms with Gasteiger partial charge in [-0.15, -0.1) is 0 Å². The van der Waals surface area contributed by atoms with Crippen LogP contribution in [0.25, 0.3) is 21.8 Å². The first-order valence-electron chi connectivity index (χ1n) is 7.80. The molecule has 4 rings (SSSR count). The van der Waals surface area contributed by atoms with Crippen molar-refractivity contribution in [1.82, 2.24) is 4.57 Å². The van der Waals surface area contributed by atoms with Crippen molar-refractivity contribution in [2.75, 3.05) is 13.2 Å². The summed E-state index contributed by atoms with van der Waals surface area (Å²) >= 11 is 0. The third-order valence-corrected chi connectivity index (χ3v) is 4.65. The van der Waals surface area contributed by atoms with E-state index in [2.05, 4.69) is 0 Å². The van der Waals surface area contributed by atoms with Crippen LogP contribution in [-0.4, -0.2) is 28.9 Å². The minimum atomic E-state index is -1.07. The average Bonchev–Trinajstić information content (AvgIpc) is 2.94. The molecule has 1 aliphatic rings. The van der Waals surface area contributed by atoms with Gasteiger partial charge >= 0.3 is 5.97 Å². The highest BCUT2D eigenvalue weighted by Gasteiger charge is 2.25. The first-order chi connectivity index (χ1) is 11.6. The van der Waals surface area contributed by atoms with Gasteiger partial charge in [-0.2, -0.15) is 0 Å². The van der Waals surface area contributed by atoms with Gasteiger partial charge in [0.05, 0.1) is 16.6 Å². The number of aromatic carboxylic acids is 1. The van der Waals surface area contributed by atoms with Crippen LogP contribution in [0.3, 0.4) is 0 Å². The number of benzene rings is 2. The van der Waals surface area contributed by atoms with Crippen LogP contribution < -0.4 is 0 Å². The number of aromatic nitrogens is 1. The Morgan fingerprint density at radius 3 is 2.54 bits per heavy atom. The van der Waals surface area contributed by atoms with Crippen molar-refractivity contribution < 1.29 is 23.4 Å². The minimum Gasteiger partial charge on any atom is -0.478 e. The van der Waals surface area contributed by atoms with Crippen molar-refractivity contribution in [2.24, 2.45) is 0 Å². The number of carbonyl (C=O) groups is 1. The summed E-state index contributed by atoms with van der Waals surface area (Å²) in [5.41, 5.74) is 0.833. The van der Waals surface area contributed by atoms with Crippen LogP contribution in [0.4, 0.5) is 8.78 Å². The van der Waals surface area contributed by atoms with Gasteiger partial charge in [-0.3, -0.25) is 0 Å². The fourth-order valence-corrected chi connectivity index (χ4v) is 3.55. The number of ether oxygens (including phenoxy) is 1. The number of halogens is 2. The lowest BCUT2D eigenvalue weighted by atomic mass is 10.1. The lowest BCUT2D eigenvalue weighted by molar-refractivity contribution is 0.0694. The Morgan fingerprint density at radius 1 is 1.12 bits per heavy atom. The van der Waals surface area contributed by atoms with Gasteiger partial charge in [0, 0.05) is 30.0 Å². The summed E-state index contributed by atoms with van der Waals surface area (Å²) in [6.07, 6.45) is 1.35. The molecule has 1 N–H and O–H groups in total. The summed E-state index contributed by atoms with van der Waals surface area (Å²) in [4.78, 5) is 11.3. The zero-order chi connectivity index (χ0) is 16.8. The van der Waals surface area contributed by atoms with E-state index in [1.165, 1.54) is 12.1 Å². The quantitative estimate of drug-likeness (QED) is 0.768. The van der Waals surface area contributed by atoms with E-state index in [1.54, 1.807) is 10.6 Å². The number of hydrogen-bond acceptors (Lipinski definition) is 2. The summed E-state index contributed by atoms with van der Waals surface area (Å²) in [5, 5.41) is 9.98. The van der Waals surface area contributed by atoms with Crippen LogP contribution in [0.1, 0.15) is 29.2 Å². The van der Waals surface area contributed by atoms with E-state index in [0.717, 1.165) is 12.1 Å². The predicted octanol–water partition coefficient (Wildman–Crippen LogP) is 4.12. The molecule has 0 saturated carbocycles. The van der Waals surface area contributed by atoms with E-state index >= 15 is 0 Å². The maximum atomic E-state index is 14.5. The molecule has 0 atom stereocenters. The standard InChI is InChI=1S/C18H15F2NO3/c19-13-3-4-14(20)17-16(13)12-2-1-10(18(22)23)9-15(12)21(17)11-5-7-24-8-6-11/h1-4,9,11H,5-8H2,(H,22,23). The lowest BCUT2D eigenvalue weighted by Gasteiger charge is -2.25. The fraction of sp³-hybridized carbons (Fsp3) is 0.278. The number of carboxylic acids is 1. The Bertz CT molecular complexity index is 958. The van der Waals surface area contributed by atoms with Crippen LogP contribution in [0.5, 0.6) is 0 Å². The lowest BCUT2D eigenvalue weighted by Crippen LogP contribution is -2.19. The molecule has 124 valence electrons. The SMILES string of the molecule is O=C(O)c1ccc2c3c(F)ccc(F)c3n(C3CCOCC3)c2c1. The van der Waals surface area contributed by atoms with Crippen molar-refractivity contribution in [3.05, 3.63) is 47.5 Å². The smallest absolute Gasteiger partial charge is 0.335 e. The first-order valence-corrected chi connectivity index (χ1v) is 7.80. The zero-order valence-electron chi connectivity index (χ0n) is 12.8. The molecule has 6 heteroatoms. The highest BCUT2D eigenvalue weighted by Crippen LogP contribution is 2.38. The molecular weight excluding hydrogens is 316 g/mol. The van der Waals surface area contributed by atoms with Crippen LogP contribution in [0.15, 0.2) is 30.3 Å². The summed E-state index contributed by atoms with van der Waals surface area (Å²) in [6.45, 7) is 1.09. The third kappa shape index (κ3) is 2.17. The predicted molar refractivity (Wildman–Crippen MR) is 85.4 cm³/mol. The van der Waals surface area contributed by atoms with Gasteiger partial charge in [0.1, 0.15) is 11.6 Å². The zero-order valence-corrected chi connectivity index (χ0v) is 12.8. The van der Waals surface area contributed by atoms with E-state index in [0.29, 0.717) is 37.0 Å². The number of rotatable bonds is 2. The molecule has 4 nitrogen and oxygen atoms in total. The maximum Gasteiger partial charge on any atom is 0.335 e. The van der Waals surface area contributed by atoms with Gasteiger partial charge < -0.3 is 14.4 Å². The minimum absolute atomic E-state index is 0.0564. The maximum absolute atomic E-state index is 14.5. The Balaban J connectivity index is 2.12. The first kappa shape index (κ1) is 15.1. The Morgan fingerprint density at radius 2 is 1.83 bits per heavy atom. The van der Waals surface area contributed by atoms with Gasteiger partial charge in [0.15, 0.2) is 0 Å². The van der Waals surface area contributed by atoms with Gasteiger partial charge in [-0.1, -0.05) is 6.07 Å². The van der Waals surface area contributed by atoms with E-state index in [4.69, 9.17) is 4.74 Å². The van der Waals surface area contributed by atoms with E-state index < -0.39 is 17.6 Å². The Labute approximate surface area is 136 Å². The van der Waals surface area contributed by atoms with Crippen molar-refractivity contribution >= 4 is 27.8 Å². The highest BCUT2D eigenvalue weighted by atomic mass is 19.1. The second-order valence-corrected chi connectivity index (χ2v) is 6.00. The third-order valence-electron chi connectivity index (χ3n) is 4.65. The molecule has 0 radical (unpaired) electrons. The van der Waals surface area contributed by atoms with Crippen LogP contribution >= 0.6 is 0 Å². The van der Waals surface area contributed by atoms with E-state index in [1.807, 2.05) is 0 Å². The van der Waals surface area contributed by atoms with Crippen molar-refractivity contribution in [1.29, 1.82) is 0 Å². The van der Waals surface area contributed by atoms with Gasteiger partial charge in [0.2, 0.25) is 0 Å². The molecule has 1 fully saturated rings. The van der Waals surface area contributed by atoms with Crippen LogP contribution in [0.2, 0.25) is 0 Å². The van der Waals surface area contributed by atoms with E-state index in [-0.39, 0.29) is 22.5 Å². The fourth-order valence-electron chi connectivity index (χ4n) is 3.55. The molecule has 0 amide bonds. The average molecular weight is 331 g/mol. The summed E-state index contributed by atoms with van der Waals surface area (Å²) in [6, 6.07) is 6.63. The molecule has 24 heavy (non-hydrogen) atoms. The Hall–Kier alpha value is -2.47. The summed E-state index contributed by atoms with van der Waals surface area (Å²) in [7, 11) is 0. The monoisotopic (exact) mass is 331 g/mol. The Kier molecular flexibility index (Phi) is 3.49. The summed E-state index contributed by atoms with van der Waals surface area (Å²) in [5.74, 6) is -2.09. The van der Waals surface area contributed by atoms with Crippen molar-refractivity contribution in [3.63, 3.8) is 0 Å². The molecule has 1 aliphatic heterocycles. The molecule has 0 unspecified atom stereocenters. The molecule has 3 aromatic rings. The van der Waals surface area contributed by atoms with Crippen molar-refractivity contribution in [3.8, 4) is 0 Å². The van der Waals surface area contributed by atoms with Gasteiger partial charge in [0.25, 0.3) is 0 Å². The molecular formula is C18H15F2NO3. The topological polar surface area (TPSA) is 51.5 Å². The van der Waals surface area contributed by atoms with E-state index in [9.17, 15) is 18.7 Å². The normalized spacial score (nSPS) is 16.1. The van der Waals surface area contributed by atoms with Crippen LogP contribution in [-0.2, 0) is 4.74 Å². The largest absolute Gasteiger partial charge is 0.478 e. The van der Waals surface area contributed by atoms with Crippen molar-refractivity contribution in [2.45, 2.75) is 18.9 Å². The number of hydrogen-bond donors (Lipinski definition) is 1.